The van der Waals surface area contributed by atoms with Crippen LogP contribution in [0.4, 0.5) is 0 Å². The number of cyclic esters (lactones) is 1. The van der Waals surface area contributed by atoms with Crippen LogP contribution in [0.1, 0.15) is 40.0 Å². The third kappa shape index (κ3) is 1.60. The largest absolute Gasteiger partial charge is 0.458 e. The Morgan fingerprint density at radius 1 is 1.27 bits per heavy atom. The second-order valence-corrected chi connectivity index (χ2v) is 8.94. The molecule has 1 saturated carbocycles. The maximum Gasteiger partial charge on any atom is 0.334 e. The van der Waals surface area contributed by atoms with Gasteiger partial charge in [0, 0.05) is 28.7 Å². The molecule has 0 aromatic carbocycles. The van der Waals surface area contributed by atoms with Gasteiger partial charge in [0.05, 0.1) is 12.7 Å². The predicted octanol–water partition coefficient (Wildman–Crippen LogP) is 1.61. The molecule has 3 heterocycles. The minimum Gasteiger partial charge on any atom is -0.458 e. The molecule has 0 radical (unpaired) electrons. The van der Waals surface area contributed by atoms with E-state index in [1.54, 1.807) is 6.92 Å². The number of hydrogen-bond donors (Lipinski definition) is 0. The van der Waals surface area contributed by atoms with Crippen LogP contribution in [0.15, 0.2) is 11.1 Å². The third-order valence-corrected chi connectivity index (χ3v) is 8.02. The van der Waals surface area contributed by atoms with Crippen molar-refractivity contribution in [3.8, 4) is 0 Å². The first-order chi connectivity index (χ1) is 12.3. The summed E-state index contributed by atoms with van der Waals surface area (Å²) < 4.78 is 17.8. The van der Waals surface area contributed by atoms with Gasteiger partial charge in [-0.3, -0.25) is 4.79 Å². The fourth-order valence-corrected chi connectivity index (χ4v) is 6.42. The zero-order chi connectivity index (χ0) is 18.5. The lowest BCUT2D eigenvalue weighted by molar-refractivity contribution is -0.209. The number of carbonyl (C=O) groups is 3. The van der Waals surface area contributed by atoms with Crippen molar-refractivity contribution in [1.82, 2.24) is 0 Å². The molecule has 7 atom stereocenters. The monoisotopic (exact) mass is 360 g/mol. The van der Waals surface area contributed by atoms with Gasteiger partial charge in [0.2, 0.25) is 0 Å². The van der Waals surface area contributed by atoms with Crippen LogP contribution in [0.2, 0.25) is 0 Å². The fraction of sp³-hybridized carbons (Fsp3) is 0.750. The second-order valence-electron chi connectivity index (χ2n) is 8.94. The van der Waals surface area contributed by atoms with Crippen molar-refractivity contribution in [3.63, 3.8) is 0 Å². The van der Waals surface area contributed by atoms with Gasteiger partial charge in [0.25, 0.3) is 0 Å². The van der Waals surface area contributed by atoms with Gasteiger partial charge < -0.3 is 19.0 Å². The van der Waals surface area contributed by atoms with Crippen molar-refractivity contribution in [3.05, 3.63) is 11.1 Å². The van der Waals surface area contributed by atoms with Crippen LogP contribution in [0.25, 0.3) is 0 Å². The van der Waals surface area contributed by atoms with Crippen molar-refractivity contribution >= 4 is 18.0 Å². The molecule has 3 aliphatic heterocycles. The van der Waals surface area contributed by atoms with Gasteiger partial charge in [-0.15, -0.1) is 0 Å². The van der Waals surface area contributed by atoms with Gasteiger partial charge >= 0.3 is 5.97 Å². The number of rotatable bonds is 2. The summed E-state index contributed by atoms with van der Waals surface area (Å²) in [5.41, 5.74) is -0.149. The van der Waals surface area contributed by atoms with Gasteiger partial charge in [0.1, 0.15) is 18.5 Å². The van der Waals surface area contributed by atoms with Gasteiger partial charge in [0.15, 0.2) is 11.4 Å². The molecule has 0 aromatic rings. The highest BCUT2D eigenvalue weighted by Gasteiger charge is 2.84. The van der Waals surface area contributed by atoms with Crippen LogP contribution in [-0.4, -0.2) is 48.6 Å². The lowest BCUT2D eigenvalue weighted by Gasteiger charge is -2.58. The van der Waals surface area contributed by atoms with Crippen molar-refractivity contribution < 1.29 is 28.6 Å². The van der Waals surface area contributed by atoms with E-state index in [4.69, 9.17) is 14.2 Å². The SMILES string of the molecule is CC(C=O)C1C[C@@H]2O[C@@]23[C@@]2(C)CCC4=C(COC4=O)C2CO[C@]3(C)C1=O. The number of esters is 1. The highest BCUT2D eigenvalue weighted by atomic mass is 16.7. The summed E-state index contributed by atoms with van der Waals surface area (Å²) in [6.45, 7) is 6.53. The summed E-state index contributed by atoms with van der Waals surface area (Å²) in [6, 6.07) is 0. The van der Waals surface area contributed by atoms with E-state index in [1.807, 2.05) is 6.92 Å². The first-order valence-corrected chi connectivity index (χ1v) is 9.50. The van der Waals surface area contributed by atoms with E-state index in [0.29, 0.717) is 26.1 Å². The van der Waals surface area contributed by atoms with E-state index >= 15 is 0 Å². The van der Waals surface area contributed by atoms with E-state index in [-0.39, 0.29) is 41.0 Å². The molecule has 2 aliphatic carbocycles. The normalized spacial score (nSPS) is 50.2. The number of fused-ring (bicyclic) bond motifs is 2. The van der Waals surface area contributed by atoms with Crippen LogP contribution in [0.3, 0.4) is 0 Å². The molecule has 6 heteroatoms. The number of ketones is 1. The summed E-state index contributed by atoms with van der Waals surface area (Å²) in [5, 5.41) is 0. The lowest BCUT2D eigenvalue weighted by Crippen LogP contribution is -2.71. The Kier molecular flexibility index (Phi) is 3.10. The van der Waals surface area contributed by atoms with Gasteiger partial charge in [-0.1, -0.05) is 13.8 Å². The molecule has 5 aliphatic rings. The summed E-state index contributed by atoms with van der Waals surface area (Å²) in [5.74, 6) is -0.876. The topological polar surface area (TPSA) is 82.2 Å². The Balaban J connectivity index is 1.58. The van der Waals surface area contributed by atoms with Gasteiger partial charge in [-0.05, 0) is 31.8 Å². The molecule has 3 fully saturated rings. The molecule has 2 saturated heterocycles. The number of carbonyl (C=O) groups excluding carboxylic acids is 3. The molecule has 0 bridgehead atoms. The van der Waals surface area contributed by atoms with Crippen LogP contribution >= 0.6 is 0 Å². The minimum atomic E-state index is -1.04. The quantitative estimate of drug-likeness (QED) is 0.423. The first kappa shape index (κ1) is 16.6. The summed E-state index contributed by atoms with van der Waals surface area (Å²) in [4.78, 5) is 36.6. The Bertz CT molecular complexity index is 770. The number of hydrogen-bond acceptors (Lipinski definition) is 6. The van der Waals surface area contributed by atoms with E-state index in [0.717, 1.165) is 23.9 Å². The van der Waals surface area contributed by atoms with Crippen LogP contribution in [-0.2, 0) is 28.6 Å². The Morgan fingerprint density at radius 2 is 2.04 bits per heavy atom. The van der Waals surface area contributed by atoms with Gasteiger partial charge in [-0.25, -0.2) is 4.79 Å². The Hall–Kier alpha value is -1.53. The van der Waals surface area contributed by atoms with Crippen LogP contribution < -0.4 is 0 Å². The maximum absolute atomic E-state index is 13.4. The van der Waals surface area contributed by atoms with Crippen molar-refractivity contribution in [2.45, 2.75) is 57.3 Å². The molecule has 0 amide bonds. The average Bonchev–Trinajstić information content (AvgIpc) is 3.27. The molecule has 0 aromatic heterocycles. The first-order valence-electron chi connectivity index (χ1n) is 9.50. The number of ether oxygens (including phenoxy) is 3. The van der Waals surface area contributed by atoms with Crippen LogP contribution in [0, 0.1) is 23.2 Å². The molecule has 6 nitrogen and oxygen atoms in total. The van der Waals surface area contributed by atoms with Gasteiger partial charge in [-0.2, -0.15) is 0 Å². The van der Waals surface area contributed by atoms with E-state index in [1.165, 1.54) is 0 Å². The highest BCUT2D eigenvalue weighted by molar-refractivity contribution is 5.95. The van der Waals surface area contributed by atoms with E-state index in [2.05, 4.69) is 6.92 Å². The molecule has 1 spiro atoms. The average molecular weight is 360 g/mol. The molecule has 140 valence electrons. The predicted molar refractivity (Wildman–Crippen MR) is 89.1 cm³/mol. The fourth-order valence-electron chi connectivity index (χ4n) is 6.42. The highest BCUT2D eigenvalue weighted by Crippen LogP contribution is 2.71. The van der Waals surface area contributed by atoms with E-state index < -0.39 is 11.2 Å². The molecule has 0 N–H and O–H groups in total. The second kappa shape index (κ2) is 4.84. The summed E-state index contributed by atoms with van der Waals surface area (Å²) in [7, 11) is 0. The van der Waals surface area contributed by atoms with Crippen molar-refractivity contribution in [2.24, 2.45) is 23.2 Å². The molecule has 3 unspecified atom stereocenters. The van der Waals surface area contributed by atoms with Crippen molar-refractivity contribution in [1.29, 1.82) is 0 Å². The standard InChI is InChI=1S/C20H24O6/c1-10(7-21)12-6-15-20(26-15)18(2)5-4-11-13(8-24-17(11)23)14(18)9-25-19(20,3)16(12)22/h7,10,12,14-15H,4-6,8-9H2,1-3H3/t10?,12?,14?,15-,18-,19+,20+/m0/s1. The number of aldehydes is 1. The lowest BCUT2D eigenvalue weighted by atomic mass is 9.49. The maximum atomic E-state index is 13.4. The third-order valence-electron chi connectivity index (χ3n) is 8.02. The number of Topliss-reactive ketones (excluding diaryl/α,β-unsaturated/α-hetero) is 1. The Morgan fingerprint density at radius 3 is 2.77 bits per heavy atom. The Labute approximate surface area is 152 Å². The summed E-state index contributed by atoms with van der Waals surface area (Å²) in [6.07, 6.45) is 2.79. The smallest absolute Gasteiger partial charge is 0.334 e. The molecular weight excluding hydrogens is 336 g/mol. The molecular formula is C20H24O6. The minimum absolute atomic E-state index is 0.0101. The van der Waals surface area contributed by atoms with Crippen LogP contribution in [0.5, 0.6) is 0 Å². The van der Waals surface area contributed by atoms with Crippen molar-refractivity contribution in [2.75, 3.05) is 13.2 Å². The van der Waals surface area contributed by atoms with E-state index in [9.17, 15) is 14.4 Å². The zero-order valence-corrected chi connectivity index (χ0v) is 15.4. The molecule has 26 heavy (non-hydrogen) atoms. The summed E-state index contributed by atoms with van der Waals surface area (Å²) >= 11 is 0. The zero-order valence-electron chi connectivity index (χ0n) is 15.4. The molecule has 5 rings (SSSR count). The number of epoxide rings is 1.